The minimum Gasteiger partial charge on any atom is -0.480 e. The van der Waals surface area contributed by atoms with Crippen molar-refractivity contribution in [3.05, 3.63) is 33.9 Å². The molecule has 2 rings (SSSR count). The molecule has 1 aliphatic rings. The molecular formula is C14H17NO5. The fourth-order valence-electron chi connectivity index (χ4n) is 2.05. The van der Waals surface area contributed by atoms with Crippen molar-refractivity contribution in [2.24, 2.45) is 0 Å². The standard InChI is InChI=1S/C14H17NO5/c1-3-6-19-14-11(16)8-13(14)20-12-5-4-9(2)7-10(12)15(17)18/h4-5,7,13-14H,3,6,8H2,1-2H3. The number of nitro groups is 1. The maximum Gasteiger partial charge on any atom is 0.311 e. The first kappa shape index (κ1) is 14.5. The highest BCUT2D eigenvalue weighted by Gasteiger charge is 2.43. The molecule has 1 aromatic carbocycles. The highest BCUT2D eigenvalue weighted by molar-refractivity contribution is 5.90. The van der Waals surface area contributed by atoms with Crippen LogP contribution in [0.25, 0.3) is 0 Å². The molecule has 1 aromatic rings. The lowest BCUT2D eigenvalue weighted by Crippen LogP contribution is -2.52. The average molecular weight is 279 g/mol. The average Bonchev–Trinajstić information content (AvgIpc) is 2.40. The van der Waals surface area contributed by atoms with E-state index in [1.54, 1.807) is 19.1 Å². The first-order valence-corrected chi connectivity index (χ1v) is 6.59. The van der Waals surface area contributed by atoms with Crippen molar-refractivity contribution >= 4 is 11.5 Å². The molecule has 1 fully saturated rings. The number of nitrogens with zero attached hydrogens (tertiary/aromatic N) is 1. The number of nitro benzene ring substituents is 1. The first-order valence-electron chi connectivity index (χ1n) is 6.59. The van der Waals surface area contributed by atoms with Crippen molar-refractivity contribution < 1.29 is 19.2 Å². The second-order valence-corrected chi connectivity index (χ2v) is 4.85. The van der Waals surface area contributed by atoms with Crippen LogP contribution in [0.4, 0.5) is 5.69 Å². The fourth-order valence-corrected chi connectivity index (χ4v) is 2.05. The summed E-state index contributed by atoms with van der Waals surface area (Å²) in [6, 6.07) is 4.76. The van der Waals surface area contributed by atoms with Crippen molar-refractivity contribution in [3.63, 3.8) is 0 Å². The molecule has 6 nitrogen and oxygen atoms in total. The van der Waals surface area contributed by atoms with Crippen molar-refractivity contribution in [3.8, 4) is 5.75 Å². The molecule has 1 aliphatic carbocycles. The Labute approximate surface area is 116 Å². The zero-order chi connectivity index (χ0) is 14.7. The zero-order valence-electron chi connectivity index (χ0n) is 11.5. The van der Waals surface area contributed by atoms with Crippen LogP contribution in [0.1, 0.15) is 25.3 Å². The van der Waals surface area contributed by atoms with Gasteiger partial charge in [0, 0.05) is 19.1 Å². The van der Waals surface area contributed by atoms with Crippen molar-refractivity contribution in [1.29, 1.82) is 0 Å². The summed E-state index contributed by atoms with van der Waals surface area (Å²) in [5, 5.41) is 11.0. The molecule has 2 atom stereocenters. The van der Waals surface area contributed by atoms with E-state index in [2.05, 4.69) is 0 Å². The molecule has 108 valence electrons. The number of aryl methyl sites for hydroxylation is 1. The molecule has 0 bridgehead atoms. The van der Waals surface area contributed by atoms with E-state index in [1.165, 1.54) is 6.07 Å². The Morgan fingerprint density at radius 1 is 1.45 bits per heavy atom. The number of ketones is 1. The number of ether oxygens (including phenoxy) is 2. The number of hydrogen-bond donors (Lipinski definition) is 0. The first-order chi connectivity index (χ1) is 9.52. The van der Waals surface area contributed by atoms with Crippen molar-refractivity contribution in [2.45, 2.75) is 38.9 Å². The predicted octanol–water partition coefficient (Wildman–Crippen LogP) is 2.42. The lowest BCUT2D eigenvalue weighted by molar-refractivity contribution is -0.386. The Kier molecular flexibility index (Phi) is 4.34. The number of Topliss-reactive ketones (excluding diaryl/α,β-unsaturated/α-hetero) is 1. The van der Waals surface area contributed by atoms with Gasteiger partial charge in [-0.3, -0.25) is 14.9 Å². The number of rotatable bonds is 6. The third-order valence-corrected chi connectivity index (χ3v) is 3.15. The number of carbonyl (C=O) groups excluding carboxylic acids is 1. The maximum absolute atomic E-state index is 11.5. The van der Waals surface area contributed by atoms with Gasteiger partial charge in [0.1, 0.15) is 6.10 Å². The fraction of sp³-hybridized carbons (Fsp3) is 0.500. The third kappa shape index (κ3) is 2.96. The number of benzene rings is 1. The van der Waals surface area contributed by atoms with Gasteiger partial charge in [-0.2, -0.15) is 0 Å². The van der Waals surface area contributed by atoms with Crippen molar-refractivity contribution in [2.75, 3.05) is 6.61 Å². The van der Waals surface area contributed by atoms with E-state index >= 15 is 0 Å². The number of carbonyl (C=O) groups is 1. The number of hydrogen-bond acceptors (Lipinski definition) is 5. The molecule has 0 N–H and O–H groups in total. The van der Waals surface area contributed by atoms with E-state index in [0.29, 0.717) is 6.61 Å². The van der Waals surface area contributed by atoms with E-state index in [9.17, 15) is 14.9 Å². The van der Waals surface area contributed by atoms with E-state index in [0.717, 1.165) is 12.0 Å². The quantitative estimate of drug-likeness (QED) is 0.590. The second-order valence-electron chi connectivity index (χ2n) is 4.85. The van der Waals surface area contributed by atoms with Gasteiger partial charge in [-0.15, -0.1) is 0 Å². The normalized spacial score (nSPS) is 21.4. The summed E-state index contributed by atoms with van der Waals surface area (Å²) in [6.45, 7) is 4.20. The smallest absolute Gasteiger partial charge is 0.311 e. The van der Waals surface area contributed by atoms with E-state index < -0.39 is 17.1 Å². The second kappa shape index (κ2) is 6.00. The van der Waals surface area contributed by atoms with Gasteiger partial charge < -0.3 is 9.47 Å². The maximum atomic E-state index is 11.5. The van der Waals surface area contributed by atoms with Crippen LogP contribution in [0.5, 0.6) is 5.75 Å². The van der Waals surface area contributed by atoms with Gasteiger partial charge in [0.15, 0.2) is 17.6 Å². The lowest BCUT2D eigenvalue weighted by atomic mass is 9.90. The summed E-state index contributed by atoms with van der Waals surface area (Å²) in [7, 11) is 0. The topological polar surface area (TPSA) is 78.7 Å². The third-order valence-electron chi connectivity index (χ3n) is 3.15. The van der Waals surface area contributed by atoms with Crippen molar-refractivity contribution in [1.82, 2.24) is 0 Å². The summed E-state index contributed by atoms with van der Waals surface area (Å²) >= 11 is 0. The summed E-state index contributed by atoms with van der Waals surface area (Å²) < 4.78 is 11.0. The Morgan fingerprint density at radius 2 is 2.20 bits per heavy atom. The predicted molar refractivity (Wildman–Crippen MR) is 71.9 cm³/mol. The Hall–Kier alpha value is -1.95. The van der Waals surface area contributed by atoms with Gasteiger partial charge in [-0.05, 0) is 25.0 Å². The van der Waals surface area contributed by atoms with Crippen LogP contribution < -0.4 is 4.74 Å². The van der Waals surface area contributed by atoms with Gasteiger partial charge in [0.25, 0.3) is 0 Å². The molecule has 2 unspecified atom stereocenters. The molecule has 0 saturated heterocycles. The molecule has 0 heterocycles. The van der Waals surface area contributed by atoms with Crippen LogP contribution in [0, 0.1) is 17.0 Å². The van der Waals surface area contributed by atoms with Gasteiger partial charge in [0.2, 0.25) is 0 Å². The lowest BCUT2D eigenvalue weighted by Gasteiger charge is -2.34. The zero-order valence-corrected chi connectivity index (χ0v) is 11.5. The molecule has 0 spiro atoms. The Balaban J connectivity index is 2.10. The monoisotopic (exact) mass is 279 g/mol. The van der Waals surface area contributed by atoms with Gasteiger partial charge in [-0.25, -0.2) is 0 Å². The highest BCUT2D eigenvalue weighted by atomic mass is 16.6. The molecule has 20 heavy (non-hydrogen) atoms. The summed E-state index contributed by atoms with van der Waals surface area (Å²) in [6.07, 6.45) is 0.00643. The Morgan fingerprint density at radius 3 is 2.80 bits per heavy atom. The molecule has 1 saturated carbocycles. The van der Waals surface area contributed by atoms with Crippen LogP contribution in [0.2, 0.25) is 0 Å². The van der Waals surface area contributed by atoms with E-state index in [1.807, 2.05) is 6.92 Å². The minimum atomic E-state index is -0.601. The van der Waals surface area contributed by atoms with Crippen LogP contribution in [0.3, 0.4) is 0 Å². The molecule has 0 amide bonds. The molecule has 0 aliphatic heterocycles. The summed E-state index contributed by atoms with van der Waals surface area (Å²) in [4.78, 5) is 22.0. The van der Waals surface area contributed by atoms with E-state index in [-0.39, 0.29) is 23.6 Å². The van der Waals surface area contributed by atoms with Crippen LogP contribution in [0.15, 0.2) is 18.2 Å². The van der Waals surface area contributed by atoms with Crippen LogP contribution >= 0.6 is 0 Å². The highest BCUT2D eigenvalue weighted by Crippen LogP contribution is 2.32. The van der Waals surface area contributed by atoms with E-state index in [4.69, 9.17) is 9.47 Å². The van der Waals surface area contributed by atoms with Crippen LogP contribution in [-0.4, -0.2) is 29.5 Å². The minimum absolute atomic E-state index is 0.0155. The molecule has 0 aromatic heterocycles. The molecular weight excluding hydrogens is 262 g/mol. The molecule has 0 radical (unpaired) electrons. The van der Waals surface area contributed by atoms with Gasteiger partial charge in [0.05, 0.1) is 4.92 Å². The largest absolute Gasteiger partial charge is 0.480 e. The summed E-state index contributed by atoms with van der Waals surface area (Å²) in [5.41, 5.74) is 0.700. The SMILES string of the molecule is CCCOC1C(=O)CC1Oc1ccc(C)cc1[N+](=O)[O-]. The van der Waals surface area contributed by atoms with Gasteiger partial charge >= 0.3 is 5.69 Å². The van der Waals surface area contributed by atoms with Gasteiger partial charge in [-0.1, -0.05) is 13.0 Å². The summed E-state index contributed by atoms with van der Waals surface area (Å²) in [5.74, 6) is 0.168. The molecule has 6 heteroatoms. The Bertz CT molecular complexity index is 528. The van der Waals surface area contributed by atoms with Crippen LogP contribution in [-0.2, 0) is 9.53 Å².